The molecule has 11 atom stereocenters. The molecule has 34 heavy (non-hydrogen) atoms. The number of fused-ring (bicyclic) bond motifs is 4. The van der Waals surface area contributed by atoms with Gasteiger partial charge in [0.05, 0.1) is 24.2 Å². The SMILES string of the molecule is C[C@H]1O[C@@H](O[C@H]2CC[C@@]3(C)C(=CC[C@H]4C5=CC(=O)[C@@H]6[C@@H](C)OC(=O)[C@]56CC[C@@H]43)C2)C[C@H](O)[C@@H]1O. The molecule has 7 heteroatoms. The van der Waals surface area contributed by atoms with Crippen LogP contribution in [0.3, 0.4) is 0 Å². The van der Waals surface area contributed by atoms with E-state index in [4.69, 9.17) is 14.2 Å². The molecule has 0 aromatic heterocycles. The third kappa shape index (κ3) is 3.03. The summed E-state index contributed by atoms with van der Waals surface area (Å²) < 4.78 is 17.7. The number of carbonyl (C=O) groups is 2. The summed E-state index contributed by atoms with van der Waals surface area (Å²) in [6.07, 6.45) is 6.63. The van der Waals surface area contributed by atoms with Crippen molar-refractivity contribution < 1.29 is 34.0 Å². The highest BCUT2D eigenvalue weighted by Crippen LogP contribution is 2.66. The number of cyclic esters (lactones) is 1. The van der Waals surface area contributed by atoms with Crippen molar-refractivity contribution >= 4 is 11.8 Å². The Morgan fingerprint density at radius 1 is 1.12 bits per heavy atom. The van der Waals surface area contributed by atoms with Crippen molar-refractivity contribution in [1.29, 1.82) is 0 Å². The number of esters is 1. The second kappa shape index (κ2) is 7.73. The monoisotopic (exact) mass is 472 g/mol. The highest BCUT2D eigenvalue weighted by atomic mass is 16.7. The Morgan fingerprint density at radius 3 is 2.68 bits per heavy atom. The van der Waals surface area contributed by atoms with Crippen LogP contribution in [-0.2, 0) is 23.8 Å². The lowest BCUT2D eigenvalue weighted by molar-refractivity contribution is -0.262. The van der Waals surface area contributed by atoms with Gasteiger partial charge in [-0.1, -0.05) is 18.6 Å². The maximum absolute atomic E-state index is 13.0. The highest BCUT2D eigenvalue weighted by Gasteiger charge is 2.68. The van der Waals surface area contributed by atoms with Crippen molar-refractivity contribution in [2.75, 3.05) is 0 Å². The predicted molar refractivity (Wildman–Crippen MR) is 121 cm³/mol. The Kier molecular flexibility index (Phi) is 5.20. The topological polar surface area (TPSA) is 102 Å². The van der Waals surface area contributed by atoms with E-state index in [1.807, 2.05) is 6.92 Å². The van der Waals surface area contributed by atoms with Gasteiger partial charge in [-0.25, -0.2) is 0 Å². The van der Waals surface area contributed by atoms with Crippen molar-refractivity contribution in [3.63, 3.8) is 0 Å². The molecule has 6 rings (SSSR count). The minimum Gasteiger partial charge on any atom is -0.461 e. The first-order valence-electron chi connectivity index (χ1n) is 13.0. The van der Waals surface area contributed by atoms with Crippen molar-refractivity contribution in [1.82, 2.24) is 0 Å². The molecule has 0 aromatic rings. The van der Waals surface area contributed by atoms with Crippen LogP contribution in [0.1, 0.15) is 65.7 Å². The lowest BCUT2D eigenvalue weighted by Gasteiger charge is -2.55. The summed E-state index contributed by atoms with van der Waals surface area (Å²) in [5.74, 6) is 0.158. The molecule has 7 nitrogen and oxygen atoms in total. The third-order valence-corrected chi connectivity index (χ3v) is 10.1. The zero-order valence-corrected chi connectivity index (χ0v) is 20.2. The molecule has 0 aromatic carbocycles. The van der Waals surface area contributed by atoms with Crippen LogP contribution in [0.15, 0.2) is 23.3 Å². The van der Waals surface area contributed by atoms with E-state index >= 15 is 0 Å². The number of aliphatic hydroxyl groups is 2. The summed E-state index contributed by atoms with van der Waals surface area (Å²) in [7, 11) is 0. The maximum Gasteiger partial charge on any atom is 0.317 e. The second-order valence-corrected chi connectivity index (χ2v) is 11.8. The fraction of sp³-hybridized carbons (Fsp3) is 0.778. The highest BCUT2D eigenvalue weighted by molar-refractivity contribution is 6.05. The number of carbonyl (C=O) groups excluding carboxylic acids is 2. The minimum atomic E-state index is -0.876. The number of hydrogen-bond acceptors (Lipinski definition) is 7. The van der Waals surface area contributed by atoms with Crippen LogP contribution in [0.2, 0.25) is 0 Å². The Balaban J connectivity index is 1.21. The number of rotatable bonds is 2. The molecule has 0 radical (unpaired) electrons. The van der Waals surface area contributed by atoms with Gasteiger partial charge in [-0.15, -0.1) is 0 Å². The first-order valence-corrected chi connectivity index (χ1v) is 13.0. The number of ether oxygens (including phenoxy) is 3. The number of allylic oxidation sites excluding steroid dienone is 2. The molecular weight excluding hydrogens is 436 g/mol. The standard InChI is InChI=1S/C27H36O7/c1-13-23-20(28)11-19-17-5-4-15-10-16(34-22-12-21(29)24(30)14(2)32-22)6-8-26(15,3)18(17)7-9-27(19,23)25(31)33-13/h4,11,13-14,16-18,21-24,29-30H,5-10,12H2,1-3H3/t13-,14-,16+,17-,18+,21+,22+,23+,24-,26+,27-/m1/s1. The second-order valence-electron chi connectivity index (χ2n) is 11.8. The third-order valence-electron chi connectivity index (χ3n) is 10.1. The van der Waals surface area contributed by atoms with Crippen LogP contribution >= 0.6 is 0 Å². The van der Waals surface area contributed by atoms with Crippen molar-refractivity contribution in [3.8, 4) is 0 Å². The molecule has 2 N–H and O–H groups in total. The van der Waals surface area contributed by atoms with Gasteiger partial charge in [0.25, 0.3) is 0 Å². The molecule has 1 spiro atoms. The van der Waals surface area contributed by atoms with Crippen LogP contribution in [0, 0.1) is 28.6 Å². The summed E-state index contributed by atoms with van der Waals surface area (Å²) in [5, 5.41) is 20.1. The van der Waals surface area contributed by atoms with Gasteiger partial charge in [0, 0.05) is 6.42 Å². The Labute approximate surface area is 200 Å². The normalized spacial score (nSPS) is 52.1. The fourth-order valence-electron chi connectivity index (χ4n) is 8.36. The molecule has 2 heterocycles. The van der Waals surface area contributed by atoms with Gasteiger partial charge in [-0.3, -0.25) is 9.59 Å². The molecule has 0 bridgehead atoms. The van der Waals surface area contributed by atoms with Gasteiger partial charge in [0.15, 0.2) is 12.1 Å². The number of ketones is 1. The quantitative estimate of drug-likeness (QED) is 0.471. The van der Waals surface area contributed by atoms with Crippen LogP contribution < -0.4 is 0 Å². The van der Waals surface area contributed by atoms with Gasteiger partial charge < -0.3 is 24.4 Å². The molecule has 2 aliphatic heterocycles. The van der Waals surface area contributed by atoms with E-state index in [1.54, 1.807) is 13.0 Å². The molecule has 2 saturated heterocycles. The van der Waals surface area contributed by atoms with Crippen molar-refractivity contribution in [2.24, 2.45) is 28.6 Å². The number of hydrogen-bond donors (Lipinski definition) is 2. The summed E-state index contributed by atoms with van der Waals surface area (Å²) >= 11 is 0. The van der Waals surface area contributed by atoms with Gasteiger partial charge in [0.2, 0.25) is 0 Å². The molecule has 6 aliphatic rings. The van der Waals surface area contributed by atoms with E-state index in [2.05, 4.69) is 13.0 Å². The average molecular weight is 473 g/mol. The van der Waals surface area contributed by atoms with Crippen molar-refractivity contribution in [3.05, 3.63) is 23.3 Å². The fourth-order valence-corrected chi connectivity index (χ4v) is 8.36. The summed E-state index contributed by atoms with van der Waals surface area (Å²) in [6.45, 7) is 5.97. The smallest absolute Gasteiger partial charge is 0.317 e. The van der Waals surface area contributed by atoms with Crippen LogP contribution in [-0.4, -0.2) is 58.8 Å². The van der Waals surface area contributed by atoms with Gasteiger partial charge in [-0.05, 0) is 81.3 Å². The van der Waals surface area contributed by atoms with E-state index < -0.39 is 30.0 Å². The van der Waals surface area contributed by atoms with Crippen molar-refractivity contribution in [2.45, 2.75) is 103 Å². The Bertz CT molecular complexity index is 958. The Hall–Kier alpha value is -1.54. The Morgan fingerprint density at radius 2 is 1.91 bits per heavy atom. The summed E-state index contributed by atoms with van der Waals surface area (Å²) in [5.41, 5.74) is 1.76. The molecule has 4 aliphatic carbocycles. The average Bonchev–Trinajstić information content (AvgIpc) is 3.23. The van der Waals surface area contributed by atoms with E-state index in [-0.39, 0.29) is 47.6 Å². The van der Waals surface area contributed by atoms with Gasteiger partial charge >= 0.3 is 5.97 Å². The summed E-state index contributed by atoms with van der Waals surface area (Å²) in [4.78, 5) is 25.9. The lowest BCUT2D eigenvalue weighted by atomic mass is 9.48. The molecule has 4 fully saturated rings. The molecule has 2 saturated carbocycles. The van der Waals surface area contributed by atoms with Gasteiger partial charge in [-0.2, -0.15) is 0 Å². The molecular formula is C27H36O7. The largest absolute Gasteiger partial charge is 0.461 e. The van der Waals surface area contributed by atoms with E-state index in [0.29, 0.717) is 12.3 Å². The lowest BCUT2D eigenvalue weighted by Crippen LogP contribution is -2.51. The zero-order chi connectivity index (χ0) is 24.0. The first-order chi connectivity index (χ1) is 16.1. The number of aliphatic hydroxyl groups excluding tert-OH is 2. The van der Waals surface area contributed by atoms with Gasteiger partial charge in [0.1, 0.15) is 17.6 Å². The van der Waals surface area contributed by atoms with Crippen LogP contribution in [0.5, 0.6) is 0 Å². The van der Waals surface area contributed by atoms with Crippen LogP contribution in [0.25, 0.3) is 0 Å². The summed E-state index contributed by atoms with van der Waals surface area (Å²) in [6, 6.07) is 0. The maximum atomic E-state index is 13.0. The zero-order valence-electron chi connectivity index (χ0n) is 20.2. The molecule has 0 amide bonds. The molecule has 0 unspecified atom stereocenters. The van der Waals surface area contributed by atoms with E-state index in [9.17, 15) is 19.8 Å². The minimum absolute atomic E-state index is 0.0211. The van der Waals surface area contributed by atoms with Crippen LogP contribution in [0.4, 0.5) is 0 Å². The molecule has 186 valence electrons. The van der Waals surface area contributed by atoms with E-state index in [1.165, 1.54) is 5.57 Å². The first kappa shape index (κ1) is 22.9. The van der Waals surface area contributed by atoms with E-state index in [0.717, 1.165) is 37.7 Å². The predicted octanol–water partition coefficient (Wildman–Crippen LogP) is 2.83.